The molecule has 1 fully saturated rings. The van der Waals surface area contributed by atoms with E-state index in [0.29, 0.717) is 19.0 Å². The average Bonchev–Trinajstić information content (AvgIpc) is 2.51. The summed E-state index contributed by atoms with van der Waals surface area (Å²) in [5.41, 5.74) is 9.46. The Bertz CT molecular complexity index is 574. The number of guanidine groups is 1. The molecule has 0 bridgehead atoms. The van der Waals surface area contributed by atoms with Crippen LogP contribution in [0, 0.1) is 0 Å². The first-order chi connectivity index (χ1) is 11.4. The minimum atomic E-state index is 0.279. The summed E-state index contributed by atoms with van der Waals surface area (Å²) >= 11 is 0. The molecule has 3 N–H and O–H groups in total. The van der Waals surface area contributed by atoms with Gasteiger partial charge >= 0.3 is 0 Å². The lowest BCUT2D eigenvalue weighted by atomic mass is 10.1. The van der Waals surface area contributed by atoms with Crippen molar-refractivity contribution in [1.29, 1.82) is 0 Å². The number of nitrogens with zero attached hydrogens (tertiary/aromatic N) is 2. The SMILES string of the molecule is C=C(C)CNC(N)=NCc1ccccc1CN1CC(C)OC(C)C1. The highest BCUT2D eigenvalue weighted by Crippen LogP contribution is 2.17. The van der Waals surface area contributed by atoms with E-state index in [1.165, 1.54) is 11.1 Å². The summed E-state index contributed by atoms with van der Waals surface area (Å²) in [5.74, 6) is 0.460. The van der Waals surface area contributed by atoms with E-state index in [9.17, 15) is 0 Å². The van der Waals surface area contributed by atoms with Crippen LogP contribution in [-0.4, -0.2) is 42.7 Å². The van der Waals surface area contributed by atoms with Gasteiger partial charge in [0.15, 0.2) is 5.96 Å². The van der Waals surface area contributed by atoms with Crippen molar-refractivity contribution >= 4 is 5.96 Å². The van der Waals surface area contributed by atoms with Gasteiger partial charge in [0.25, 0.3) is 0 Å². The molecule has 0 amide bonds. The van der Waals surface area contributed by atoms with Crippen molar-refractivity contribution in [2.45, 2.75) is 46.1 Å². The molecule has 5 heteroatoms. The number of rotatable bonds is 6. The first-order valence-electron chi connectivity index (χ1n) is 8.56. The van der Waals surface area contributed by atoms with Crippen LogP contribution in [0.25, 0.3) is 0 Å². The van der Waals surface area contributed by atoms with E-state index in [-0.39, 0.29) is 12.2 Å². The summed E-state index contributed by atoms with van der Waals surface area (Å²) in [7, 11) is 0. The molecule has 0 spiro atoms. The van der Waals surface area contributed by atoms with E-state index in [2.05, 4.69) is 59.9 Å². The Hall–Kier alpha value is -1.85. The molecule has 0 aliphatic carbocycles. The number of benzene rings is 1. The van der Waals surface area contributed by atoms with E-state index in [0.717, 1.165) is 25.2 Å². The third-order valence-corrected chi connectivity index (χ3v) is 4.00. The van der Waals surface area contributed by atoms with Gasteiger partial charge in [-0.05, 0) is 31.9 Å². The molecule has 132 valence electrons. The first-order valence-corrected chi connectivity index (χ1v) is 8.56. The molecular formula is C19H30N4O. The van der Waals surface area contributed by atoms with Crippen LogP contribution in [0.2, 0.25) is 0 Å². The number of aliphatic imine (C=N–C) groups is 1. The summed E-state index contributed by atoms with van der Waals surface area (Å²) in [6.45, 7) is 14.2. The highest BCUT2D eigenvalue weighted by molar-refractivity contribution is 5.78. The maximum Gasteiger partial charge on any atom is 0.189 e. The lowest BCUT2D eigenvalue weighted by Gasteiger charge is -2.35. The lowest BCUT2D eigenvalue weighted by Crippen LogP contribution is -2.44. The van der Waals surface area contributed by atoms with Crippen molar-refractivity contribution in [1.82, 2.24) is 10.2 Å². The van der Waals surface area contributed by atoms with Crippen LogP contribution in [0.15, 0.2) is 41.4 Å². The molecule has 1 aromatic rings. The van der Waals surface area contributed by atoms with Gasteiger partial charge in [0.1, 0.15) is 0 Å². The van der Waals surface area contributed by atoms with Gasteiger partial charge < -0.3 is 15.8 Å². The fourth-order valence-corrected chi connectivity index (χ4v) is 2.99. The molecule has 1 aromatic carbocycles. The van der Waals surface area contributed by atoms with Gasteiger partial charge in [0.2, 0.25) is 0 Å². The minimum Gasteiger partial charge on any atom is -0.373 e. The monoisotopic (exact) mass is 330 g/mol. The van der Waals surface area contributed by atoms with Crippen molar-refractivity contribution in [3.05, 3.63) is 47.5 Å². The molecule has 2 unspecified atom stereocenters. The lowest BCUT2D eigenvalue weighted by molar-refractivity contribution is -0.0705. The smallest absolute Gasteiger partial charge is 0.189 e. The molecule has 0 radical (unpaired) electrons. The summed E-state index contributed by atoms with van der Waals surface area (Å²) in [6.07, 6.45) is 0.557. The van der Waals surface area contributed by atoms with E-state index in [1.54, 1.807) is 0 Å². The Morgan fingerprint density at radius 3 is 2.54 bits per heavy atom. The van der Waals surface area contributed by atoms with Crippen LogP contribution < -0.4 is 11.1 Å². The number of ether oxygens (including phenoxy) is 1. The van der Waals surface area contributed by atoms with Gasteiger partial charge in [-0.3, -0.25) is 4.90 Å². The number of hydrogen-bond donors (Lipinski definition) is 2. The highest BCUT2D eigenvalue weighted by atomic mass is 16.5. The Balaban J connectivity index is 1.99. The number of nitrogens with two attached hydrogens (primary N) is 1. The Kier molecular flexibility index (Phi) is 6.82. The zero-order valence-corrected chi connectivity index (χ0v) is 15.1. The van der Waals surface area contributed by atoms with E-state index in [1.807, 2.05) is 6.92 Å². The standard InChI is InChI=1S/C19H30N4O/c1-14(2)9-21-19(20)22-10-17-7-5-6-8-18(17)13-23-11-15(3)24-16(4)12-23/h5-8,15-16H,1,9-13H2,2-4H3,(H3,20,21,22). The highest BCUT2D eigenvalue weighted by Gasteiger charge is 2.22. The first kappa shape index (κ1) is 18.5. The Labute approximate surface area is 145 Å². The zero-order chi connectivity index (χ0) is 17.5. The molecule has 1 aliphatic heterocycles. The molecule has 2 rings (SSSR count). The average molecular weight is 330 g/mol. The summed E-state index contributed by atoms with van der Waals surface area (Å²) in [4.78, 5) is 6.90. The van der Waals surface area contributed by atoms with Gasteiger partial charge in [-0.1, -0.05) is 36.4 Å². The normalized spacial score (nSPS) is 22.4. The zero-order valence-electron chi connectivity index (χ0n) is 15.1. The fourth-order valence-electron chi connectivity index (χ4n) is 2.99. The second-order valence-electron chi connectivity index (χ2n) is 6.73. The molecule has 24 heavy (non-hydrogen) atoms. The van der Waals surface area contributed by atoms with Gasteiger partial charge in [0.05, 0.1) is 18.8 Å². The quantitative estimate of drug-likeness (QED) is 0.477. The number of hydrogen-bond acceptors (Lipinski definition) is 3. The van der Waals surface area contributed by atoms with Crippen molar-refractivity contribution in [3.63, 3.8) is 0 Å². The molecule has 1 heterocycles. The molecular weight excluding hydrogens is 300 g/mol. The maximum atomic E-state index is 5.91. The van der Waals surface area contributed by atoms with Crippen molar-refractivity contribution in [2.24, 2.45) is 10.7 Å². The Morgan fingerprint density at radius 2 is 1.92 bits per heavy atom. The third-order valence-electron chi connectivity index (χ3n) is 4.00. The van der Waals surface area contributed by atoms with Gasteiger partial charge in [0, 0.05) is 26.2 Å². The predicted molar refractivity (Wildman–Crippen MR) is 99.9 cm³/mol. The number of nitrogens with one attached hydrogen (secondary N) is 1. The minimum absolute atomic E-state index is 0.279. The van der Waals surface area contributed by atoms with Crippen LogP contribution >= 0.6 is 0 Å². The maximum absolute atomic E-state index is 5.91. The Morgan fingerprint density at radius 1 is 1.29 bits per heavy atom. The van der Waals surface area contributed by atoms with Gasteiger partial charge in [-0.2, -0.15) is 0 Å². The summed E-state index contributed by atoms with van der Waals surface area (Å²) in [5, 5.41) is 3.07. The third kappa shape index (κ3) is 5.98. The van der Waals surface area contributed by atoms with E-state index in [4.69, 9.17) is 10.5 Å². The van der Waals surface area contributed by atoms with Gasteiger partial charge in [-0.25, -0.2) is 4.99 Å². The van der Waals surface area contributed by atoms with Crippen molar-refractivity contribution in [2.75, 3.05) is 19.6 Å². The predicted octanol–water partition coefficient (Wildman–Crippen LogP) is 2.28. The second-order valence-corrected chi connectivity index (χ2v) is 6.73. The van der Waals surface area contributed by atoms with E-state index >= 15 is 0 Å². The van der Waals surface area contributed by atoms with E-state index < -0.39 is 0 Å². The second kappa shape index (κ2) is 8.85. The van der Waals surface area contributed by atoms with Crippen LogP contribution in [0.4, 0.5) is 0 Å². The van der Waals surface area contributed by atoms with Crippen molar-refractivity contribution < 1.29 is 4.74 Å². The molecule has 2 atom stereocenters. The summed E-state index contributed by atoms with van der Waals surface area (Å²) in [6, 6.07) is 8.43. The largest absolute Gasteiger partial charge is 0.373 e. The van der Waals surface area contributed by atoms with Crippen LogP contribution in [0.3, 0.4) is 0 Å². The fraction of sp³-hybridized carbons (Fsp3) is 0.526. The summed E-state index contributed by atoms with van der Waals surface area (Å²) < 4.78 is 5.81. The molecule has 1 saturated heterocycles. The van der Waals surface area contributed by atoms with Crippen molar-refractivity contribution in [3.8, 4) is 0 Å². The molecule has 0 saturated carbocycles. The van der Waals surface area contributed by atoms with Crippen LogP contribution in [0.1, 0.15) is 31.9 Å². The van der Waals surface area contributed by atoms with Gasteiger partial charge in [-0.15, -0.1) is 0 Å². The van der Waals surface area contributed by atoms with Crippen LogP contribution in [-0.2, 0) is 17.8 Å². The number of morpholine rings is 1. The molecule has 0 aromatic heterocycles. The van der Waals surface area contributed by atoms with Crippen LogP contribution in [0.5, 0.6) is 0 Å². The topological polar surface area (TPSA) is 62.9 Å². The molecule has 5 nitrogen and oxygen atoms in total. The molecule has 1 aliphatic rings.